The number of rotatable bonds is 3. The van der Waals surface area contributed by atoms with E-state index in [2.05, 4.69) is 6.58 Å². The highest BCUT2D eigenvalue weighted by atomic mass is 35.5. The highest BCUT2D eigenvalue weighted by Gasteiger charge is 2.06. The van der Waals surface area contributed by atoms with Gasteiger partial charge in [-0.1, -0.05) is 41.4 Å². The molecule has 1 nitrogen and oxygen atoms in total. The van der Waals surface area contributed by atoms with Crippen molar-refractivity contribution in [3.8, 4) is 6.07 Å². The number of halogens is 3. The molecule has 15 heavy (non-hydrogen) atoms. The second kappa shape index (κ2) is 5.67. The summed E-state index contributed by atoms with van der Waals surface area (Å²) in [4.78, 5) is 0.794. The summed E-state index contributed by atoms with van der Waals surface area (Å²) in [5.41, 5.74) is 0.488. The van der Waals surface area contributed by atoms with Crippen molar-refractivity contribution in [1.82, 2.24) is 0 Å². The first-order chi connectivity index (χ1) is 7.04. The molecular weight excluding hydrogens is 273 g/mol. The molecule has 0 saturated carbocycles. The molecule has 0 heterocycles. The molecule has 1 aromatic carbocycles. The molecule has 78 valence electrons. The quantitative estimate of drug-likeness (QED) is 0.450. The summed E-state index contributed by atoms with van der Waals surface area (Å²) < 4.78 is 0. The van der Waals surface area contributed by atoms with Crippen LogP contribution in [0.2, 0.25) is 15.1 Å². The number of nitriles is 1. The first-order valence-electron chi connectivity index (χ1n) is 3.90. The van der Waals surface area contributed by atoms with E-state index < -0.39 is 0 Å². The van der Waals surface area contributed by atoms with E-state index in [9.17, 15) is 0 Å². The minimum absolute atomic E-state index is 0.421. The SMILES string of the molecule is C=C(C#N)CSc1cc(Cl)c(Cl)cc1Cl. The van der Waals surface area contributed by atoms with Gasteiger partial charge in [-0.05, 0) is 12.1 Å². The Balaban J connectivity index is 2.83. The maximum Gasteiger partial charge on any atom is 0.0949 e. The predicted molar refractivity (Wildman–Crippen MR) is 66.9 cm³/mol. The van der Waals surface area contributed by atoms with Gasteiger partial charge in [0.15, 0.2) is 0 Å². The lowest BCUT2D eigenvalue weighted by Gasteiger charge is -2.05. The van der Waals surface area contributed by atoms with Gasteiger partial charge in [-0.3, -0.25) is 0 Å². The van der Waals surface area contributed by atoms with Crippen LogP contribution in [0.4, 0.5) is 0 Å². The van der Waals surface area contributed by atoms with E-state index in [-0.39, 0.29) is 0 Å². The van der Waals surface area contributed by atoms with E-state index in [4.69, 9.17) is 40.1 Å². The first kappa shape index (κ1) is 12.7. The average molecular weight is 279 g/mol. The molecule has 5 heteroatoms. The van der Waals surface area contributed by atoms with Gasteiger partial charge in [0.2, 0.25) is 0 Å². The Hall–Kier alpha value is -0.330. The van der Waals surface area contributed by atoms with Crippen LogP contribution in [0.3, 0.4) is 0 Å². The second-order valence-corrected chi connectivity index (χ2v) is 4.94. The van der Waals surface area contributed by atoms with Gasteiger partial charge in [-0.2, -0.15) is 5.26 Å². The first-order valence-corrected chi connectivity index (χ1v) is 6.01. The van der Waals surface area contributed by atoms with Gasteiger partial charge in [0, 0.05) is 16.2 Å². The number of hydrogen-bond donors (Lipinski definition) is 0. The van der Waals surface area contributed by atoms with Crippen molar-refractivity contribution in [3.63, 3.8) is 0 Å². The van der Waals surface area contributed by atoms with Gasteiger partial charge in [0.25, 0.3) is 0 Å². The third-order valence-electron chi connectivity index (χ3n) is 1.53. The van der Waals surface area contributed by atoms with Crippen LogP contribution in [-0.2, 0) is 0 Å². The van der Waals surface area contributed by atoms with Crippen LogP contribution in [0, 0.1) is 11.3 Å². The molecule has 0 aliphatic heterocycles. The molecule has 0 aliphatic carbocycles. The zero-order valence-corrected chi connectivity index (χ0v) is 10.6. The number of hydrogen-bond acceptors (Lipinski definition) is 2. The molecule has 0 spiro atoms. The van der Waals surface area contributed by atoms with Crippen LogP contribution in [0.15, 0.2) is 29.2 Å². The lowest BCUT2D eigenvalue weighted by molar-refractivity contribution is 1.43. The zero-order valence-electron chi connectivity index (χ0n) is 7.56. The Labute approximate surface area is 108 Å². The smallest absolute Gasteiger partial charge is 0.0949 e. The molecule has 0 aliphatic rings. The van der Waals surface area contributed by atoms with Crippen molar-refractivity contribution in [2.24, 2.45) is 0 Å². The van der Waals surface area contributed by atoms with Gasteiger partial charge in [-0.15, -0.1) is 11.8 Å². The minimum atomic E-state index is 0.421. The number of thioether (sulfide) groups is 1. The van der Waals surface area contributed by atoms with Crippen LogP contribution in [0.1, 0.15) is 0 Å². The molecular formula is C10H6Cl3NS. The highest BCUT2D eigenvalue weighted by molar-refractivity contribution is 7.99. The fraction of sp³-hybridized carbons (Fsp3) is 0.100. The maximum atomic E-state index is 8.54. The van der Waals surface area contributed by atoms with E-state index in [0.29, 0.717) is 26.4 Å². The Morgan fingerprint density at radius 2 is 1.87 bits per heavy atom. The van der Waals surface area contributed by atoms with Gasteiger partial charge in [0.1, 0.15) is 0 Å². The summed E-state index contributed by atoms with van der Waals surface area (Å²) in [6.07, 6.45) is 0. The molecule has 0 radical (unpaired) electrons. The lowest BCUT2D eigenvalue weighted by atomic mass is 10.3. The molecule has 0 bridgehead atoms. The van der Waals surface area contributed by atoms with E-state index in [1.165, 1.54) is 11.8 Å². The van der Waals surface area contributed by atoms with Crippen molar-refractivity contribution >= 4 is 46.6 Å². The summed E-state index contributed by atoms with van der Waals surface area (Å²) >= 11 is 19.0. The summed E-state index contributed by atoms with van der Waals surface area (Å²) in [7, 11) is 0. The number of nitrogens with zero attached hydrogens (tertiary/aromatic N) is 1. The third-order valence-corrected chi connectivity index (χ3v) is 3.82. The van der Waals surface area contributed by atoms with Crippen molar-refractivity contribution in [3.05, 3.63) is 39.4 Å². The van der Waals surface area contributed by atoms with Crippen LogP contribution in [-0.4, -0.2) is 5.75 Å². The largest absolute Gasteiger partial charge is 0.193 e. The molecule has 0 aromatic heterocycles. The standard InChI is InChI=1S/C10H6Cl3NS/c1-6(4-14)5-15-10-3-8(12)7(11)2-9(10)13/h2-3H,1,5H2. The molecule has 1 rings (SSSR count). The van der Waals surface area contributed by atoms with Gasteiger partial charge < -0.3 is 0 Å². The fourth-order valence-electron chi connectivity index (χ4n) is 0.812. The second-order valence-electron chi connectivity index (χ2n) is 2.70. The highest BCUT2D eigenvalue weighted by Crippen LogP contribution is 2.35. The average Bonchev–Trinajstić information content (AvgIpc) is 2.21. The van der Waals surface area contributed by atoms with Gasteiger partial charge >= 0.3 is 0 Å². The van der Waals surface area contributed by atoms with Crippen LogP contribution < -0.4 is 0 Å². The maximum absolute atomic E-state index is 8.54. The Morgan fingerprint density at radius 3 is 2.47 bits per heavy atom. The van der Waals surface area contributed by atoms with Crippen molar-refractivity contribution in [1.29, 1.82) is 5.26 Å². The molecule has 0 unspecified atom stereocenters. The zero-order chi connectivity index (χ0) is 11.4. The third kappa shape index (κ3) is 3.62. The number of benzene rings is 1. The molecule has 0 saturated heterocycles. The summed E-state index contributed by atoms with van der Waals surface area (Å²) in [5, 5.41) is 9.94. The molecule has 1 aromatic rings. The summed E-state index contributed by atoms with van der Waals surface area (Å²) in [6, 6.07) is 5.23. The van der Waals surface area contributed by atoms with Crippen LogP contribution in [0.25, 0.3) is 0 Å². The summed E-state index contributed by atoms with van der Waals surface area (Å²) in [6.45, 7) is 3.57. The van der Waals surface area contributed by atoms with Crippen molar-refractivity contribution in [2.75, 3.05) is 5.75 Å². The Morgan fingerprint density at radius 1 is 1.27 bits per heavy atom. The van der Waals surface area contributed by atoms with Crippen LogP contribution >= 0.6 is 46.6 Å². The van der Waals surface area contributed by atoms with Gasteiger partial charge in [0.05, 0.1) is 21.1 Å². The van der Waals surface area contributed by atoms with Crippen molar-refractivity contribution < 1.29 is 0 Å². The normalized spacial score (nSPS) is 9.73. The van der Waals surface area contributed by atoms with Gasteiger partial charge in [-0.25, -0.2) is 0 Å². The topological polar surface area (TPSA) is 23.8 Å². The molecule has 0 atom stereocenters. The van der Waals surface area contributed by atoms with E-state index in [1.54, 1.807) is 12.1 Å². The fourth-order valence-corrected chi connectivity index (χ4v) is 2.38. The monoisotopic (exact) mass is 277 g/mol. The van der Waals surface area contributed by atoms with Crippen LogP contribution in [0.5, 0.6) is 0 Å². The predicted octanol–water partition coefficient (Wildman–Crippen LogP) is 4.82. The lowest BCUT2D eigenvalue weighted by Crippen LogP contribution is -1.83. The summed E-state index contributed by atoms with van der Waals surface area (Å²) in [5.74, 6) is 0.494. The van der Waals surface area contributed by atoms with E-state index >= 15 is 0 Å². The van der Waals surface area contributed by atoms with Crippen molar-refractivity contribution in [2.45, 2.75) is 4.90 Å². The molecule has 0 fully saturated rings. The minimum Gasteiger partial charge on any atom is -0.193 e. The Kier molecular flexibility index (Phi) is 4.82. The molecule has 0 N–H and O–H groups in total. The van der Waals surface area contributed by atoms with E-state index in [0.717, 1.165) is 4.90 Å². The van der Waals surface area contributed by atoms with E-state index in [1.807, 2.05) is 6.07 Å². The molecule has 0 amide bonds. The Bertz CT molecular complexity index is 437.